The molecule has 1 aromatic heterocycles. The second kappa shape index (κ2) is 11.1. The molecule has 2 aliphatic heterocycles. The highest BCUT2D eigenvalue weighted by atomic mass is 19.1. The van der Waals surface area contributed by atoms with E-state index in [1.807, 2.05) is 6.07 Å². The van der Waals surface area contributed by atoms with E-state index >= 15 is 0 Å². The molecule has 2 aliphatic carbocycles. The molecule has 1 spiro atoms. The maximum atomic E-state index is 14.5. The van der Waals surface area contributed by atoms with Gasteiger partial charge in [-0.15, -0.1) is 0 Å². The molecular weight excluding hydrogens is 513 g/mol. The van der Waals surface area contributed by atoms with Gasteiger partial charge in [0.15, 0.2) is 0 Å². The monoisotopic (exact) mass is 553 g/mol. The molecule has 2 saturated heterocycles. The van der Waals surface area contributed by atoms with Gasteiger partial charge in [-0.1, -0.05) is 12.1 Å². The summed E-state index contributed by atoms with van der Waals surface area (Å²) in [5.74, 6) is 0.773. The van der Waals surface area contributed by atoms with Crippen LogP contribution >= 0.6 is 0 Å². The fourth-order valence-corrected chi connectivity index (χ4v) is 7.35. The number of ether oxygens (including phenoxy) is 2. The summed E-state index contributed by atoms with van der Waals surface area (Å²) >= 11 is 0. The number of likely N-dealkylation sites (N-methyl/N-ethyl adjacent to an activating group) is 1. The van der Waals surface area contributed by atoms with Gasteiger partial charge in [0.1, 0.15) is 18.2 Å². The molecule has 3 heterocycles. The van der Waals surface area contributed by atoms with E-state index < -0.39 is 6.09 Å². The number of amides is 1. The van der Waals surface area contributed by atoms with E-state index in [9.17, 15) is 14.3 Å². The number of halogens is 1. The van der Waals surface area contributed by atoms with Crippen molar-refractivity contribution in [2.45, 2.75) is 63.5 Å². The highest BCUT2D eigenvalue weighted by molar-refractivity contribution is 5.66. The number of anilines is 1. The Labute approximate surface area is 235 Å². The number of hydrogen-bond donors (Lipinski definition) is 1. The van der Waals surface area contributed by atoms with E-state index in [2.05, 4.69) is 22.9 Å². The number of benzene rings is 1. The van der Waals surface area contributed by atoms with E-state index in [1.54, 1.807) is 13.2 Å². The lowest BCUT2D eigenvalue weighted by molar-refractivity contribution is 0.0734. The van der Waals surface area contributed by atoms with Gasteiger partial charge < -0.3 is 24.4 Å². The van der Waals surface area contributed by atoms with E-state index in [1.165, 1.54) is 11.3 Å². The molecule has 1 amide bonds. The first-order chi connectivity index (χ1) is 19.4. The summed E-state index contributed by atoms with van der Waals surface area (Å²) in [5.41, 5.74) is 4.20. The maximum absolute atomic E-state index is 14.5. The molecular formula is C30H40FN5O4. The van der Waals surface area contributed by atoms with Crippen molar-refractivity contribution in [3.63, 3.8) is 0 Å². The third kappa shape index (κ3) is 5.23. The number of carboxylic acid groups (broad SMARTS) is 1. The van der Waals surface area contributed by atoms with Crippen LogP contribution in [-0.2, 0) is 30.4 Å². The normalized spacial score (nSPS) is 26.6. The fraction of sp³-hybridized carbons (Fsp3) is 0.633. The zero-order chi connectivity index (χ0) is 27.9. The van der Waals surface area contributed by atoms with Crippen molar-refractivity contribution < 1.29 is 23.8 Å². The van der Waals surface area contributed by atoms with E-state index in [0.717, 1.165) is 79.7 Å². The maximum Gasteiger partial charge on any atom is 0.407 e. The van der Waals surface area contributed by atoms with Gasteiger partial charge in [0, 0.05) is 38.3 Å². The van der Waals surface area contributed by atoms with E-state index in [4.69, 9.17) is 19.4 Å². The van der Waals surface area contributed by atoms with Gasteiger partial charge in [-0.3, -0.25) is 4.90 Å². The van der Waals surface area contributed by atoms with Crippen LogP contribution in [0, 0.1) is 11.2 Å². The Morgan fingerprint density at radius 1 is 1.10 bits per heavy atom. The van der Waals surface area contributed by atoms with Crippen molar-refractivity contribution in [1.82, 2.24) is 19.8 Å². The molecule has 216 valence electrons. The van der Waals surface area contributed by atoms with E-state index in [0.29, 0.717) is 44.9 Å². The van der Waals surface area contributed by atoms with Crippen molar-refractivity contribution in [3.8, 4) is 6.01 Å². The summed E-state index contributed by atoms with van der Waals surface area (Å²) in [4.78, 5) is 27.8. The first kappa shape index (κ1) is 27.2. The minimum absolute atomic E-state index is 0.0446. The molecule has 1 N–H and O–H groups in total. The van der Waals surface area contributed by atoms with E-state index in [-0.39, 0.29) is 17.3 Å². The Balaban J connectivity index is 1.30. The van der Waals surface area contributed by atoms with Crippen molar-refractivity contribution in [2.24, 2.45) is 5.41 Å². The molecule has 2 aromatic rings. The van der Waals surface area contributed by atoms with Crippen molar-refractivity contribution in [1.29, 1.82) is 0 Å². The molecule has 1 aromatic carbocycles. The predicted molar refractivity (Wildman–Crippen MR) is 149 cm³/mol. The Morgan fingerprint density at radius 2 is 1.93 bits per heavy atom. The highest BCUT2D eigenvalue weighted by Crippen LogP contribution is 2.47. The van der Waals surface area contributed by atoms with Gasteiger partial charge in [0.2, 0.25) is 0 Å². The number of nitrogens with zero attached hydrogens (tertiary/aromatic N) is 5. The van der Waals surface area contributed by atoms with Crippen LogP contribution in [0.2, 0.25) is 0 Å². The van der Waals surface area contributed by atoms with Crippen LogP contribution in [-0.4, -0.2) is 96.6 Å². The molecule has 0 bridgehead atoms. The average molecular weight is 554 g/mol. The molecule has 10 heteroatoms. The number of methoxy groups -OCH3 is 1. The molecule has 6 rings (SSSR count). The van der Waals surface area contributed by atoms with Crippen molar-refractivity contribution in [2.75, 3.05) is 58.5 Å². The quantitative estimate of drug-likeness (QED) is 0.581. The summed E-state index contributed by atoms with van der Waals surface area (Å²) in [6.07, 6.45) is 6.54. The molecule has 0 radical (unpaired) electrons. The number of piperazine rings is 1. The number of fused-ring (bicyclic) bond motifs is 2. The highest BCUT2D eigenvalue weighted by Gasteiger charge is 2.41. The molecule has 2 fully saturated rings. The second-order valence-corrected chi connectivity index (χ2v) is 12.1. The zero-order valence-electron chi connectivity index (χ0n) is 23.6. The van der Waals surface area contributed by atoms with Gasteiger partial charge in [-0.05, 0) is 87.6 Å². The zero-order valence-corrected chi connectivity index (χ0v) is 23.6. The third-order valence-corrected chi connectivity index (χ3v) is 9.65. The largest absolute Gasteiger partial charge is 0.465 e. The van der Waals surface area contributed by atoms with Gasteiger partial charge in [0.25, 0.3) is 0 Å². The van der Waals surface area contributed by atoms with Crippen molar-refractivity contribution in [3.05, 3.63) is 46.4 Å². The summed E-state index contributed by atoms with van der Waals surface area (Å²) < 4.78 is 26.1. The third-order valence-electron chi connectivity index (χ3n) is 9.65. The smallest absolute Gasteiger partial charge is 0.407 e. The lowest BCUT2D eigenvalue weighted by Crippen LogP contribution is -2.57. The molecule has 0 saturated carbocycles. The summed E-state index contributed by atoms with van der Waals surface area (Å²) in [6.45, 7) is 3.39. The lowest BCUT2D eigenvalue weighted by Gasteiger charge is -2.44. The van der Waals surface area contributed by atoms with Crippen LogP contribution in [0.1, 0.15) is 48.1 Å². The van der Waals surface area contributed by atoms with Gasteiger partial charge in [-0.25, -0.2) is 9.18 Å². The first-order valence-corrected chi connectivity index (χ1v) is 14.6. The second-order valence-electron chi connectivity index (χ2n) is 12.1. The molecule has 0 unspecified atom stereocenters. The SMILES string of the molecule is COC[C@H]1CN(c2nc(OC[C@@H]3CCCN3C)nc3c2CC[C@@]2(CCc4c(F)cccc4C2)C3)CCN1C(=O)O. The lowest BCUT2D eigenvalue weighted by atomic mass is 9.63. The fourth-order valence-electron chi connectivity index (χ4n) is 7.35. The van der Waals surface area contributed by atoms with Gasteiger partial charge in [0.05, 0.1) is 18.3 Å². The number of carbonyl (C=O) groups is 1. The Hall–Kier alpha value is -2.98. The van der Waals surface area contributed by atoms with Gasteiger partial charge in [-0.2, -0.15) is 9.97 Å². The summed E-state index contributed by atoms with van der Waals surface area (Å²) in [5, 5.41) is 9.73. The van der Waals surface area contributed by atoms with Crippen LogP contribution in [0.4, 0.5) is 15.0 Å². The molecule has 9 nitrogen and oxygen atoms in total. The Kier molecular flexibility index (Phi) is 7.56. The summed E-state index contributed by atoms with van der Waals surface area (Å²) in [7, 11) is 3.73. The Bertz CT molecular complexity index is 1260. The number of aromatic nitrogens is 2. The minimum Gasteiger partial charge on any atom is -0.465 e. The number of rotatable bonds is 6. The molecule has 40 heavy (non-hydrogen) atoms. The van der Waals surface area contributed by atoms with Crippen LogP contribution in [0.15, 0.2) is 18.2 Å². The van der Waals surface area contributed by atoms with Crippen LogP contribution in [0.5, 0.6) is 6.01 Å². The van der Waals surface area contributed by atoms with Crippen LogP contribution < -0.4 is 9.64 Å². The van der Waals surface area contributed by atoms with Crippen molar-refractivity contribution >= 4 is 11.9 Å². The number of likely N-dealkylation sites (tertiary alicyclic amines) is 1. The number of hydrogen-bond acceptors (Lipinski definition) is 7. The first-order valence-electron chi connectivity index (χ1n) is 14.6. The molecule has 3 atom stereocenters. The molecule has 4 aliphatic rings. The van der Waals surface area contributed by atoms with Crippen LogP contribution in [0.25, 0.3) is 0 Å². The summed E-state index contributed by atoms with van der Waals surface area (Å²) in [6, 6.07) is 5.94. The Morgan fingerprint density at radius 3 is 2.67 bits per heavy atom. The average Bonchev–Trinajstić information content (AvgIpc) is 3.35. The van der Waals surface area contributed by atoms with Gasteiger partial charge >= 0.3 is 12.1 Å². The minimum atomic E-state index is -0.924. The predicted octanol–water partition coefficient (Wildman–Crippen LogP) is 3.57. The van der Waals surface area contributed by atoms with Crippen LogP contribution in [0.3, 0.4) is 0 Å². The standard InChI is InChI=1S/C30H40FN5O4/c1-34-12-4-6-21(34)19-40-28-32-26-16-30(10-8-23-20(15-30)5-3-7-25(23)31)11-9-24(26)27(33-28)35-13-14-36(29(37)38)22(17-35)18-39-2/h3,5,7,21-22H,4,6,8-19H2,1-2H3,(H,37,38)/t21-,22+,30+/m0/s1. The topological polar surface area (TPSA) is 91.3 Å².